The molecule has 0 spiro atoms. The first kappa shape index (κ1) is 43.6. The van der Waals surface area contributed by atoms with Crippen molar-refractivity contribution >= 4 is 35.8 Å². The van der Waals surface area contributed by atoms with E-state index in [4.69, 9.17) is 25.5 Å². The second-order valence-corrected chi connectivity index (χ2v) is 5.00. The molecule has 0 fully saturated rings. The van der Waals surface area contributed by atoms with Gasteiger partial charge in [0.25, 0.3) is 0 Å². The Balaban J connectivity index is -0.000000103. The van der Waals surface area contributed by atoms with Crippen LogP contribution in [0.4, 0.5) is 0 Å². The molecule has 0 aromatic heterocycles. The molecule has 0 heterocycles. The van der Waals surface area contributed by atoms with Crippen LogP contribution in [0.1, 0.15) is 30.0 Å². The van der Waals surface area contributed by atoms with Crippen LogP contribution in [0.2, 0.25) is 0 Å². The molecule has 1 unspecified atom stereocenters. The fraction of sp³-hybridized carbons (Fsp3) is 0.500. The first-order valence-electron chi connectivity index (χ1n) is 6.30. The van der Waals surface area contributed by atoms with Crippen LogP contribution in [0.25, 0.3) is 0 Å². The number of esters is 1. The minimum atomic E-state index is -3.17. The smallest absolute Gasteiger partial charge is 1.00 e. The van der Waals surface area contributed by atoms with Crippen LogP contribution in [0.3, 0.4) is 0 Å². The largest absolute Gasteiger partial charge is 1.00 e. The van der Waals surface area contributed by atoms with E-state index in [9.17, 15) is 33.9 Å². The Kier molecular flexibility index (Phi) is 26.6. The maximum Gasteiger partial charge on any atom is 1.00 e. The first-order valence-corrected chi connectivity index (χ1v) is 6.30. The summed E-state index contributed by atoms with van der Waals surface area (Å²) in [4.78, 5) is 66.0. The van der Waals surface area contributed by atoms with E-state index in [1.165, 1.54) is 0 Å². The van der Waals surface area contributed by atoms with Crippen molar-refractivity contribution in [3.05, 3.63) is 0 Å². The molecule has 0 bridgehead atoms. The third kappa shape index (κ3) is 14.7. The van der Waals surface area contributed by atoms with Crippen LogP contribution in [0.5, 0.6) is 0 Å². The van der Waals surface area contributed by atoms with Crippen molar-refractivity contribution in [2.45, 2.75) is 36.9 Å². The average Bonchev–Trinajstić information content (AvgIpc) is 2.34. The molecule has 0 amide bonds. The van der Waals surface area contributed by atoms with Crippen molar-refractivity contribution < 1.29 is 157 Å². The van der Waals surface area contributed by atoms with Gasteiger partial charge in [-0.2, -0.15) is 0 Å². The molecule has 1 atom stereocenters. The standard InChI is InChI=1S/C12H14O13.2H3N.3Na.3H/c13-5(14)1-11(24,9(20)21)4-8(19)25-12(10(22)23,2-6(15)16)3-7(17)18;;;;;;;;/h24H,1-4H2,(H,13,14)(H,15,16)(H,17,18)(H,20,21)(H,22,23);2*1H3;;;;;;/q;;;3*+1;3*-1. The van der Waals surface area contributed by atoms with Gasteiger partial charge in [0.1, 0.15) is 0 Å². The third-order valence-electron chi connectivity index (χ3n) is 2.85. The topological polar surface area (TPSA) is 303 Å². The summed E-state index contributed by atoms with van der Waals surface area (Å²) in [5.74, 6) is -11.6. The number of carbonyl (C=O) groups is 6. The fourth-order valence-electron chi connectivity index (χ4n) is 1.77. The van der Waals surface area contributed by atoms with Gasteiger partial charge in [-0.15, -0.1) is 0 Å². The number of carboxylic acids is 5. The van der Waals surface area contributed by atoms with Gasteiger partial charge in [0.2, 0.25) is 5.60 Å². The summed E-state index contributed by atoms with van der Waals surface area (Å²) >= 11 is 0. The summed E-state index contributed by atoms with van der Waals surface area (Å²) in [6.45, 7) is 0. The van der Waals surface area contributed by atoms with Gasteiger partial charge in [0.15, 0.2) is 5.60 Å². The molecule has 0 aromatic carbocycles. The van der Waals surface area contributed by atoms with Gasteiger partial charge in [-0.25, -0.2) is 9.59 Å². The molecule has 0 radical (unpaired) electrons. The minimum Gasteiger partial charge on any atom is -1.00 e. The molecular weight excluding hydrogens is 449 g/mol. The van der Waals surface area contributed by atoms with Gasteiger partial charge in [-0.1, -0.05) is 0 Å². The summed E-state index contributed by atoms with van der Waals surface area (Å²) in [7, 11) is 0. The zero-order valence-electron chi connectivity index (χ0n) is 19.8. The van der Waals surface area contributed by atoms with E-state index in [0.29, 0.717) is 0 Å². The van der Waals surface area contributed by atoms with Crippen molar-refractivity contribution in [3.63, 3.8) is 0 Å². The van der Waals surface area contributed by atoms with Gasteiger partial charge in [-0.05, 0) is 0 Å². The minimum absolute atomic E-state index is 0. The zero-order valence-corrected chi connectivity index (χ0v) is 22.8. The molecule has 0 aliphatic heterocycles. The number of ether oxygens (including phenoxy) is 1. The van der Waals surface area contributed by atoms with E-state index in [1.807, 2.05) is 0 Å². The monoisotopic (exact) mass is 472 g/mol. The van der Waals surface area contributed by atoms with Crippen LogP contribution < -0.4 is 101 Å². The van der Waals surface area contributed by atoms with E-state index in [1.54, 1.807) is 0 Å². The van der Waals surface area contributed by atoms with E-state index >= 15 is 0 Å². The average molecular weight is 472 g/mol. The van der Waals surface area contributed by atoms with Crippen molar-refractivity contribution in [1.29, 1.82) is 0 Å². The Labute approximate surface area is 240 Å². The van der Waals surface area contributed by atoms with Gasteiger partial charge in [-0.3, -0.25) is 19.2 Å². The summed E-state index contributed by atoms with van der Waals surface area (Å²) in [5.41, 5.74) is -6.24. The molecular formula is C12H23N2Na3O13. The van der Waals surface area contributed by atoms with E-state index in [2.05, 4.69) is 4.74 Å². The Morgan fingerprint density at radius 2 is 0.967 bits per heavy atom. The summed E-state index contributed by atoms with van der Waals surface area (Å²) < 4.78 is 4.33. The molecule has 0 saturated carbocycles. The quantitative estimate of drug-likeness (QED) is 0.102. The number of hydrogen-bond donors (Lipinski definition) is 8. The maximum atomic E-state index is 11.7. The molecule has 162 valence electrons. The Morgan fingerprint density at radius 3 is 1.20 bits per heavy atom. The molecule has 18 heteroatoms. The second-order valence-electron chi connectivity index (χ2n) is 5.00. The van der Waals surface area contributed by atoms with Crippen LogP contribution in [-0.2, 0) is 33.5 Å². The predicted octanol–water partition coefficient (Wildman–Crippen LogP) is -10.3. The Bertz CT molecular complexity index is 629. The number of hydrogen-bond acceptors (Lipinski definition) is 10. The predicted molar refractivity (Wildman–Crippen MR) is 83.8 cm³/mol. The number of carboxylic acid groups (broad SMARTS) is 5. The van der Waals surface area contributed by atoms with Crippen LogP contribution in [0.15, 0.2) is 0 Å². The molecule has 30 heavy (non-hydrogen) atoms. The van der Waals surface area contributed by atoms with Gasteiger partial charge < -0.3 is 52.0 Å². The van der Waals surface area contributed by atoms with E-state index in [0.717, 1.165) is 0 Å². The van der Waals surface area contributed by atoms with Crippen molar-refractivity contribution in [1.82, 2.24) is 12.3 Å². The van der Waals surface area contributed by atoms with Crippen LogP contribution >= 0.6 is 0 Å². The second kappa shape index (κ2) is 18.3. The molecule has 0 saturated heterocycles. The first-order chi connectivity index (χ1) is 11.2. The fourth-order valence-corrected chi connectivity index (χ4v) is 1.77. The number of aliphatic carboxylic acids is 5. The van der Waals surface area contributed by atoms with E-state index < -0.39 is 72.7 Å². The number of carbonyl (C=O) groups excluding carboxylic acids is 1. The van der Waals surface area contributed by atoms with Gasteiger partial charge >= 0.3 is 124 Å². The number of rotatable bonds is 11. The normalized spacial score (nSPS) is 11.1. The zero-order chi connectivity index (χ0) is 20.0. The molecule has 0 aliphatic carbocycles. The molecule has 0 aliphatic rings. The summed E-state index contributed by atoms with van der Waals surface area (Å²) in [6, 6.07) is 0. The van der Waals surface area contributed by atoms with Crippen molar-refractivity contribution in [2.75, 3.05) is 0 Å². The molecule has 12 N–H and O–H groups in total. The van der Waals surface area contributed by atoms with Crippen LogP contribution in [-0.4, -0.2) is 77.7 Å². The van der Waals surface area contributed by atoms with E-state index in [-0.39, 0.29) is 105 Å². The molecule has 0 rings (SSSR count). The van der Waals surface area contributed by atoms with Gasteiger partial charge in [0.05, 0.1) is 25.7 Å². The molecule has 15 nitrogen and oxygen atoms in total. The summed E-state index contributed by atoms with van der Waals surface area (Å²) in [6.07, 6.45) is -5.94. The number of aliphatic hydroxyl groups is 1. The SMILES string of the molecule is N.N.O=C(O)CC(O)(CC(=O)OC(CC(=O)O)(CC(=O)O)C(=O)O)C(=O)O.[H-].[H-].[H-].[Na+].[Na+].[Na+]. The summed E-state index contributed by atoms with van der Waals surface area (Å²) in [5, 5.41) is 53.5. The maximum absolute atomic E-state index is 11.7. The van der Waals surface area contributed by atoms with Gasteiger partial charge in [0, 0.05) is 0 Å². The van der Waals surface area contributed by atoms with Crippen LogP contribution in [0, 0.1) is 0 Å². The Hall–Kier alpha value is -0.300. The Morgan fingerprint density at radius 1 is 0.633 bits per heavy atom. The van der Waals surface area contributed by atoms with Crippen molar-refractivity contribution in [3.8, 4) is 0 Å². The third-order valence-corrected chi connectivity index (χ3v) is 2.85. The molecule has 0 aromatic rings. The van der Waals surface area contributed by atoms with Crippen molar-refractivity contribution in [2.24, 2.45) is 0 Å².